The van der Waals surface area contributed by atoms with Crippen LogP contribution in [-0.2, 0) is 4.74 Å². The molecule has 72 valence electrons. The molecule has 1 fully saturated rings. The molecule has 1 saturated heterocycles. The van der Waals surface area contributed by atoms with Gasteiger partial charge in [-0.25, -0.2) is 0 Å². The van der Waals surface area contributed by atoms with Crippen LogP contribution < -0.4 is 0 Å². The van der Waals surface area contributed by atoms with Gasteiger partial charge in [0.1, 0.15) is 0 Å². The summed E-state index contributed by atoms with van der Waals surface area (Å²) < 4.78 is 5.10. The average Bonchev–Trinajstić information content (AvgIpc) is 2.22. The number of rotatable bonds is 0. The van der Waals surface area contributed by atoms with Crippen molar-refractivity contribution in [1.29, 1.82) is 0 Å². The maximum Gasteiger partial charge on any atom is 0.0594 e. The number of hydrogen-bond acceptors (Lipinski definition) is 3. The smallest absolute Gasteiger partial charge is 0.0594 e. The Labute approximate surface area is 79.3 Å². The highest BCUT2D eigenvalue weighted by molar-refractivity contribution is 4.88. The molecular formula is C10H16N2O. The fourth-order valence-corrected chi connectivity index (χ4v) is 0.967. The van der Waals surface area contributed by atoms with Crippen LogP contribution in [0.4, 0.5) is 0 Å². The summed E-state index contributed by atoms with van der Waals surface area (Å²) in [6.07, 6.45) is 3.50. The minimum atomic E-state index is 0.913. The van der Waals surface area contributed by atoms with Gasteiger partial charge in [0.05, 0.1) is 13.2 Å². The van der Waals surface area contributed by atoms with Crippen molar-refractivity contribution in [2.45, 2.75) is 0 Å². The number of aromatic nitrogens is 1. The zero-order chi connectivity index (χ0) is 9.36. The molecule has 2 rings (SSSR count). The molecule has 1 aliphatic rings. The van der Waals surface area contributed by atoms with Crippen molar-refractivity contribution in [3.8, 4) is 0 Å². The summed E-state index contributed by atoms with van der Waals surface area (Å²) in [7, 11) is 2.11. The maximum atomic E-state index is 5.10. The second-order valence-corrected chi connectivity index (χ2v) is 2.94. The van der Waals surface area contributed by atoms with E-state index in [0.717, 1.165) is 26.3 Å². The highest BCUT2D eigenvalue weighted by Gasteiger charge is 2.02. The van der Waals surface area contributed by atoms with Crippen LogP contribution in [0.1, 0.15) is 0 Å². The molecule has 0 radical (unpaired) electrons. The van der Waals surface area contributed by atoms with E-state index in [1.165, 1.54) is 0 Å². The number of pyridine rings is 1. The SMILES string of the molecule is CN1CCOCC1.c1ccncc1. The van der Waals surface area contributed by atoms with E-state index >= 15 is 0 Å². The van der Waals surface area contributed by atoms with E-state index in [2.05, 4.69) is 16.9 Å². The van der Waals surface area contributed by atoms with Gasteiger partial charge in [0.15, 0.2) is 0 Å². The molecule has 0 atom stereocenters. The molecular weight excluding hydrogens is 164 g/mol. The average molecular weight is 180 g/mol. The Bertz CT molecular complexity index is 171. The van der Waals surface area contributed by atoms with Crippen LogP contribution in [0.3, 0.4) is 0 Å². The molecule has 0 saturated carbocycles. The summed E-state index contributed by atoms with van der Waals surface area (Å²) in [5, 5.41) is 0. The number of likely N-dealkylation sites (N-methyl/N-ethyl adjacent to an activating group) is 1. The third kappa shape index (κ3) is 5.33. The Morgan fingerprint density at radius 2 is 1.69 bits per heavy atom. The standard InChI is InChI=1S/C5H11NO.C5H5N/c1-6-2-4-7-5-3-6;1-2-4-6-5-3-1/h2-5H2,1H3;1-5H. The Kier molecular flexibility index (Phi) is 5.13. The van der Waals surface area contributed by atoms with Crippen LogP contribution in [0, 0.1) is 0 Å². The van der Waals surface area contributed by atoms with E-state index in [-0.39, 0.29) is 0 Å². The lowest BCUT2D eigenvalue weighted by molar-refractivity contribution is 0.0503. The normalized spacial score (nSPS) is 17.3. The molecule has 0 N–H and O–H groups in total. The zero-order valence-corrected chi connectivity index (χ0v) is 8.02. The first-order valence-electron chi connectivity index (χ1n) is 4.51. The molecule has 1 aliphatic heterocycles. The van der Waals surface area contributed by atoms with Crippen LogP contribution in [0.2, 0.25) is 0 Å². The summed E-state index contributed by atoms with van der Waals surface area (Å²) in [5.41, 5.74) is 0. The van der Waals surface area contributed by atoms with Crippen molar-refractivity contribution in [2.75, 3.05) is 33.4 Å². The van der Waals surface area contributed by atoms with Crippen molar-refractivity contribution < 1.29 is 4.74 Å². The predicted octanol–water partition coefficient (Wildman–Crippen LogP) is 1.03. The fourth-order valence-electron chi connectivity index (χ4n) is 0.967. The van der Waals surface area contributed by atoms with Gasteiger partial charge in [-0.2, -0.15) is 0 Å². The first-order valence-corrected chi connectivity index (χ1v) is 4.51. The molecule has 2 heterocycles. The van der Waals surface area contributed by atoms with E-state index in [0.29, 0.717) is 0 Å². The minimum absolute atomic E-state index is 0.913. The van der Waals surface area contributed by atoms with Crippen LogP contribution in [0.15, 0.2) is 30.6 Å². The second kappa shape index (κ2) is 6.57. The summed E-state index contributed by atoms with van der Waals surface area (Å²) in [6, 6.07) is 5.72. The molecule has 13 heavy (non-hydrogen) atoms. The van der Waals surface area contributed by atoms with Gasteiger partial charge >= 0.3 is 0 Å². The topological polar surface area (TPSA) is 25.4 Å². The minimum Gasteiger partial charge on any atom is -0.379 e. The first-order chi connectivity index (χ1) is 6.39. The van der Waals surface area contributed by atoms with Crippen molar-refractivity contribution in [2.24, 2.45) is 0 Å². The van der Waals surface area contributed by atoms with Crippen molar-refractivity contribution in [3.63, 3.8) is 0 Å². The summed E-state index contributed by atoms with van der Waals surface area (Å²) in [4.78, 5) is 6.05. The molecule has 0 amide bonds. The van der Waals surface area contributed by atoms with Gasteiger partial charge < -0.3 is 9.64 Å². The molecule has 0 spiro atoms. The molecule has 3 heteroatoms. The van der Waals surface area contributed by atoms with E-state index in [4.69, 9.17) is 4.74 Å². The van der Waals surface area contributed by atoms with Gasteiger partial charge in [0.2, 0.25) is 0 Å². The Hall–Kier alpha value is -0.930. The number of hydrogen-bond donors (Lipinski definition) is 0. The lowest BCUT2D eigenvalue weighted by atomic mass is 10.5. The second-order valence-electron chi connectivity index (χ2n) is 2.94. The van der Waals surface area contributed by atoms with Gasteiger partial charge in [-0.3, -0.25) is 4.98 Å². The highest BCUT2D eigenvalue weighted by Crippen LogP contribution is 1.89. The van der Waals surface area contributed by atoms with Gasteiger partial charge in [-0.15, -0.1) is 0 Å². The molecule has 0 aliphatic carbocycles. The van der Waals surface area contributed by atoms with E-state index in [9.17, 15) is 0 Å². The highest BCUT2D eigenvalue weighted by atomic mass is 16.5. The molecule has 1 aromatic heterocycles. The van der Waals surface area contributed by atoms with Gasteiger partial charge in [-0.05, 0) is 19.2 Å². The number of nitrogens with zero attached hydrogens (tertiary/aromatic N) is 2. The lowest BCUT2D eigenvalue weighted by Crippen LogP contribution is -2.32. The van der Waals surface area contributed by atoms with Crippen molar-refractivity contribution in [1.82, 2.24) is 9.88 Å². The zero-order valence-electron chi connectivity index (χ0n) is 8.02. The molecule has 0 unspecified atom stereocenters. The van der Waals surface area contributed by atoms with Crippen LogP contribution in [0.5, 0.6) is 0 Å². The fraction of sp³-hybridized carbons (Fsp3) is 0.500. The van der Waals surface area contributed by atoms with Gasteiger partial charge in [0, 0.05) is 25.5 Å². The summed E-state index contributed by atoms with van der Waals surface area (Å²) >= 11 is 0. The monoisotopic (exact) mass is 180 g/mol. The van der Waals surface area contributed by atoms with Gasteiger partial charge in [0.25, 0.3) is 0 Å². The van der Waals surface area contributed by atoms with Crippen LogP contribution in [0.25, 0.3) is 0 Å². The summed E-state index contributed by atoms with van der Waals surface area (Å²) in [6.45, 7) is 4.02. The Morgan fingerprint density at radius 1 is 1.08 bits per heavy atom. The first kappa shape index (κ1) is 10.2. The maximum absolute atomic E-state index is 5.10. The third-order valence-corrected chi connectivity index (χ3v) is 1.80. The molecule has 0 bridgehead atoms. The Balaban J connectivity index is 0.000000132. The number of morpholine rings is 1. The van der Waals surface area contributed by atoms with Crippen molar-refractivity contribution in [3.05, 3.63) is 30.6 Å². The van der Waals surface area contributed by atoms with Crippen LogP contribution in [-0.4, -0.2) is 43.2 Å². The third-order valence-electron chi connectivity index (χ3n) is 1.80. The molecule has 1 aromatic rings. The van der Waals surface area contributed by atoms with Crippen molar-refractivity contribution >= 4 is 0 Å². The van der Waals surface area contributed by atoms with E-state index in [1.54, 1.807) is 12.4 Å². The predicted molar refractivity (Wildman–Crippen MR) is 52.6 cm³/mol. The molecule has 3 nitrogen and oxygen atoms in total. The Morgan fingerprint density at radius 3 is 1.92 bits per heavy atom. The lowest BCUT2D eigenvalue weighted by Gasteiger charge is -2.21. The van der Waals surface area contributed by atoms with E-state index in [1.807, 2.05) is 18.2 Å². The van der Waals surface area contributed by atoms with Crippen LogP contribution >= 0.6 is 0 Å². The largest absolute Gasteiger partial charge is 0.379 e. The quantitative estimate of drug-likeness (QED) is 0.596. The number of ether oxygens (including phenoxy) is 1. The molecule has 0 aromatic carbocycles. The van der Waals surface area contributed by atoms with E-state index < -0.39 is 0 Å². The van der Waals surface area contributed by atoms with Gasteiger partial charge in [-0.1, -0.05) is 6.07 Å². The summed E-state index contributed by atoms with van der Waals surface area (Å²) in [5.74, 6) is 0.